The Morgan fingerprint density at radius 1 is 0.491 bits per heavy atom. The predicted molar refractivity (Wildman–Crippen MR) is 222 cm³/mol. The van der Waals surface area contributed by atoms with Gasteiger partial charge in [-0.15, -0.1) is 11.3 Å². The zero-order valence-corrected chi connectivity index (χ0v) is 29.1. The molecule has 0 saturated heterocycles. The summed E-state index contributed by atoms with van der Waals surface area (Å²) >= 11 is 1.76. The molecule has 0 fully saturated rings. The lowest BCUT2D eigenvalue weighted by atomic mass is 10.00. The summed E-state index contributed by atoms with van der Waals surface area (Å²) in [5.41, 5.74) is 9.17. The maximum absolute atomic E-state index is 6.66. The highest BCUT2D eigenvalue weighted by molar-refractivity contribution is 7.26. The molecule has 12 aromatic rings. The summed E-state index contributed by atoms with van der Waals surface area (Å²) in [6.07, 6.45) is 0. The molecular formula is C48H27N3OS. The van der Waals surface area contributed by atoms with Crippen molar-refractivity contribution < 1.29 is 4.42 Å². The van der Waals surface area contributed by atoms with E-state index in [1.807, 2.05) is 6.07 Å². The minimum atomic E-state index is 0.699. The topological polar surface area (TPSA) is 43.9 Å². The van der Waals surface area contributed by atoms with Gasteiger partial charge in [-0.1, -0.05) is 127 Å². The molecule has 0 atom stereocenters. The van der Waals surface area contributed by atoms with Crippen molar-refractivity contribution in [2.24, 2.45) is 0 Å². The second kappa shape index (κ2) is 10.8. The van der Waals surface area contributed by atoms with E-state index in [1.54, 1.807) is 11.3 Å². The van der Waals surface area contributed by atoms with Gasteiger partial charge in [0.05, 0.1) is 32.6 Å². The highest BCUT2D eigenvalue weighted by Gasteiger charge is 2.22. The molecule has 0 unspecified atom stereocenters. The van der Waals surface area contributed by atoms with Crippen LogP contribution in [0.25, 0.3) is 114 Å². The molecule has 8 aromatic carbocycles. The van der Waals surface area contributed by atoms with Crippen molar-refractivity contribution in [2.75, 3.05) is 0 Å². The van der Waals surface area contributed by atoms with Crippen LogP contribution in [0.3, 0.4) is 0 Å². The fraction of sp³-hybridized carbons (Fsp3) is 0. The third kappa shape index (κ3) is 4.11. The lowest BCUT2D eigenvalue weighted by molar-refractivity contribution is 0.672. The van der Waals surface area contributed by atoms with Crippen LogP contribution in [-0.4, -0.2) is 14.5 Å². The van der Waals surface area contributed by atoms with E-state index in [2.05, 4.69) is 162 Å². The lowest BCUT2D eigenvalue weighted by Crippen LogP contribution is -1.98. The van der Waals surface area contributed by atoms with Crippen molar-refractivity contribution in [3.05, 3.63) is 164 Å². The molecule has 246 valence electrons. The van der Waals surface area contributed by atoms with Crippen molar-refractivity contribution in [1.82, 2.24) is 14.5 Å². The van der Waals surface area contributed by atoms with E-state index in [1.165, 1.54) is 31.8 Å². The summed E-state index contributed by atoms with van der Waals surface area (Å²) in [4.78, 5) is 10.7. The van der Waals surface area contributed by atoms with Crippen LogP contribution in [0.1, 0.15) is 0 Å². The van der Waals surface area contributed by atoms with Gasteiger partial charge in [-0.25, -0.2) is 9.97 Å². The van der Waals surface area contributed by atoms with Crippen molar-refractivity contribution in [3.8, 4) is 28.3 Å². The molecule has 0 saturated carbocycles. The molecular weight excluding hydrogens is 667 g/mol. The van der Waals surface area contributed by atoms with Gasteiger partial charge in [-0.05, 0) is 41.8 Å². The Hall–Kier alpha value is -6.82. The summed E-state index contributed by atoms with van der Waals surface area (Å²) in [5, 5.41) is 10.3. The Labute approximate surface area is 306 Å². The number of rotatable bonds is 3. The number of thiophene rings is 1. The zero-order chi connectivity index (χ0) is 34.6. The van der Waals surface area contributed by atoms with Crippen LogP contribution in [-0.2, 0) is 0 Å². The third-order valence-corrected chi connectivity index (χ3v) is 11.9. The van der Waals surface area contributed by atoms with Crippen molar-refractivity contribution in [3.63, 3.8) is 0 Å². The molecule has 0 bridgehead atoms. The number of benzene rings is 8. The molecule has 0 aliphatic heterocycles. The minimum absolute atomic E-state index is 0.699. The lowest BCUT2D eigenvalue weighted by Gasteiger charge is -2.15. The van der Waals surface area contributed by atoms with Gasteiger partial charge in [0.25, 0.3) is 0 Å². The normalized spacial score (nSPS) is 12.2. The maximum atomic E-state index is 6.66. The molecule has 4 heterocycles. The summed E-state index contributed by atoms with van der Waals surface area (Å²) in [6, 6.07) is 58.3. The standard InChI is InChI=1S/C48H27N3OS/c1-2-13-29(14-3-1)43-47-44(36-18-8-11-21-42(36)53-47)50-48(49-43)30-23-25-35-37(26-30)40(27-38-33-17-7-10-20-41(33)52-46(35)38)51-39-19-9-6-16-32(39)34-24-22-28-12-4-5-15-31(28)45(34)51/h1-27H. The van der Waals surface area contributed by atoms with Gasteiger partial charge in [0.2, 0.25) is 0 Å². The van der Waals surface area contributed by atoms with E-state index in [0.717, 1.165) is 76.3 Å². The minimum Gasteiger partial charge on any atom is -0.455 e. The fourth-order valence-electron chi connectivity index (χ4n) is 8.39. The first kappa shape index (κ1) is 28.8. The highest BCUT2D eigenvalue weighted by Crippen LogP contribution is 2.44. The van der Waals surface area contributed by atoms with Gasteiger partial charge < -0.3 is 8.98 Å². The van der Waals surface area contributed by atoms with Crippen molar-refractivity contribution in [1.29, 1.82) is 0 Å². The second-order valence-corrected chi connectivity index (χ2v) is 14.8. The van der Waals surface area contributed by atoms with Gasteiger partial charge in [0.15, 0.2) is 5.82 Å². The SMILES string of the molecule is c1ccc(-c2nc(-c3ccc4c(c3)c(-n3c5ccccc5c5ccc6ccccc6c53)cc3c5ccccc5oc43)nc3c2sc2ccccc23)cc1. The Kier molecular flexibility index (Phi) is 5.90. The Morgan fingerprint density at radius 3 is 2.13 bits per heavy atom. The molecule has 5 heteroatoms. The van der Waals surface area contributed by atoms with Crippen LogP contribution in [0.2, 0.25) is 0 Å². The van der Waals surface area contributed by atoms with Crippen LogP contribution in [0.5, 0.6) is 0 Å². The summed E-state index contributed by atoms with van der Waals surface area (Å²) in [5.74, 6) is 0.699. The van der Waals surface area contributed by atoms with E-state index in [4.69, 9.17) is 14.4 Å². The number of fused-ring (bicyclic) bond motifs is 13. The van der Waals surface area contributed by atoms with E-state index in [0.29, 0.717) is 5.82 Å². The average molecular weight is 694 g/mol. The van der Waals surface area contributed by atoms with Crippen LogP contribution in [0, 0.1) is 0 Å². The first-order valence-electron chi connectivity index (χ1n) is 17.8. The zero-order valence-electron chi connectivity index (χ0n) is 28.2. The van der Waals surface area contributed by atoms with E-state index in [9.17, 15) is 0 Å². The van der Waals surface area contributed by atoms with Crippen molar-refractivity contribution >= 4 is 96.9 Å². The Bertz CT molecular complexity index is 3460. The van der Waals surface area contributed by atoms with Crippen LogP contribution >= 0.6 is 11.3 Å². The molecule has 0 amide bonds. The van der Waals surface area contributed by atoms with E-state index in [-0.39, 0.29) is 0 Å². The third-order valence-electron chi connectivity index (χ3n) is 10.8. The monoisotopic (exact) mass is 693 g/mol. The van der Waals surface area contributed by atoms with Gasteiger partial charge in [-0.3, -0.25) is 0 Å². The van der Waals surface area contributed by atoms with E-state index >= 15 is 0 Å². The molecule has 0 aliphatic rings. The Morgan fingerprint density at radius 2 is 1.23 bits per heavy atom. The largest absolute Gasteiger partial charge is 0.455 e. The molecule has 0 aliphatic carbocycles. The highest BCUT2D eigenvalue weighted by atomic mass is 32.1. The van der Waals surface area contributed by atoms with Crippen molar-refractivity contribution in [2.45, 2.75) is 0 Å². The van der Waals surface area contributed by atoms with Crippen LogP contribution < -0.4 is 0 Å². The first-order valence-corrected chi connectivity index (χ1v) is 18.6. The smallest absolute Gasteiger partial charge is 0.160 e. The van der Waals surface area contributed by atoms with E-state index < -0.39 is 0 Å². The number of para-hydroxylation sites is 2. The van der Waals surface area contributed by atoms with Gasteiger partial charge in [0.1, 0.15) is 11.2 Å². The second-order valence-electron chi connectivity index (χ2n) is 13.7. The summed E-state index contributed by atoms with van der Waals surface area (Å²) in [7, 11) is 0. The van der Waals surface area contributed by atoms with Crippen LogP contribution in [0.4, 0.5) is 0 Å². The molecule has 4 nitrogen and oxygen atoms in total. The summed E-state index contributed by atoms with van der Waals surface area (Å²) < 4.78 is 11.4. The quantitative estimate of drug-likeness (QED) is 0.185. The molecule has 53 heavy (non-hydrogen) atoms. The molecule has 4 aromatic heterocycles. The first-order chi connectivity index (χ1) is 26.3. The molecule has 12 rings (SSSR count). The maximum Gasteiger partial charge on any atom is 0.160 e. The van der Waals surface area contributed by atoms with Gasteiger partial charge in [-0.2, -0.15) is 0 Å². The van der Waals surface area contributed by atoms with Gasteiger partial charge in [0, 0.05) is 58.9 Å². The Balaban J connectivity index is 1.23. The molecule has 0 N–H and O–H groups in total. The number of furan rings is 1. The number of nitrogens with zero attached hydrogens (tertiary/aromatic N) is 3. The molecule has 0 spiro atoms. The number of aromatic nitrogens is 3. The fourth-order valence-corrected chi connectivity index (χ4v) is 9.55. The average Bonchev–Trinajstić information content (AvgIpc) is 3.90. The number of hydrogen-bond acceptors (Lipinski definition) is 4. The predicted octanol–water partition coefficient (Wildman–Crippen LogP) is 13.5. The molecule has 0 radical (unpaired) electrons. The van der Waals surface area contributed by atoms with Gasteiger partial charge >= 0.3 is 0 Å². The summed E-state index contributed by atoms with van der Waals surface area (Å²) in [6.45, 7) is 0. The number of hydrogen-bond donors (Lipinski definition) is 0. The van der Waals surface area contributed by atoms with Crippen LogP contribution in [0.15, 0.2) is 168 Å².